The number of rotatable bonds is 7. The Balaban J connectivity index is 1.87. The molecular formula is C20H23N3O2S. The van der Waals surface area contributed by atoms with Gasteiger partial charge in [-0.05, 0) is 42.4 Å². The van der Waals surface area contributed by atoms with Crippen molar-refractivity contribution in [3.8, 4) is 0 Å². The Bertz CT molecular complexity index is 763. The number of hydrogen-bond acceptors (Lipinski definition) is 3. The van der Waals surface area contributed by atoms with Crippen LogP contribution in [0.15, 0.2) is 54.6 Å². The minimum Gasteiger partial charge on any atom is -0.352 e. The third kappa shape index (κ3) is 6.64. The Morgan fingerprint density at radius 3 is 2.54 bits per heavy atom. The van der Waals surface area contributed by atoms with E-state index < -0.39 is 0 Å². The number of amides is 2. The zero-order valence-electron chi connectivity index (χ0n) is 14.7. The Morgan fingerprint density at radius 2 is 1.81 bits per heavy atom. The van der Waals surface area contributed by atoms with Crippen LogP contribution in [0, 0.1) is 0 Å². The number of nitrogens with one attached hydrogen (secondary N) is 3. The molecule has 5 nitrogen and oxygen atoms in total. The van der Waals surface area contributed by atoms with Crippen molar-refractivity contribution >= 4 is 34.8 Å². The van der Waals surface area contributed by atoms with Gasteiger partial charge in [-0.25, -0.2) is 0 Å². The van der Waals surface area contributed by atoms with E-state index in [2.05, 4.69) is 22.9 Å². The number of thiocarbonyl (C=S) groups is 1. The van der Waals surface area contributed by atoms with Crippen molar-refractivity contribution in [2.24, 2.45) is 0 Å². The summed E-state index contributed by atoms with van der Waals surface area (Å²) in [6.07, 6.45) is 2.22. The van der Waals surface area contributed by atoms with E-state index >= 15 is 0 Å². The average Bonchev–Trinajstić information content (AvgIpc) is 2.62. The minimum atomic E-state index is -0.192. The number of carbonyl (C=O) groups is 2. The van der Waals surface area contributed by atoms with Gasteiger partial charge < -0.3 is 16.0 Å². The predicted molar refractivity (Wildman–Crippen MR) is 108 cm³/mol. The van der Waals surface area contributed by atoms with Gasteiger partial charge in [-0.2, -0.15) is 0 Å². The molecule has 2 aromatic rings. The maximum Gasteiger partial charge on any atom is 0.251 e. The van der Waals surface area contributed by atoms with Gasteiger partial charge >= 0.3 is 0 Å². The average molecular weight is 369 g/mol. The Labute approximate surface area is 159 Å². The fourth-order valence-electron chi connectivity index (χ4n) is 2.33. The lowest BCUT2D eigenvalue weighted by Crippen LogP contribution is -2.35. The molecular weight excluding hydrogens is 346 g/mol. The highest BCUT2D eigenvalue weighted by Crippen LogP contribution is 2.11. The van der Waals surface area contributed by atoms with Gasteiger partial charge in [-0.1, -0.05) is 49.7 Å². The van der Waals surface area contributed by atoms with Crippen molar-refractivity contribution in [3.05, 3.63) is 65.7 Å². The SMILES string of the molecule is CCCCNC(=O)c1cccc(NC(=S)NC(=O)Cc2ccccc2)c1. The number of hydrogen-bond donors (Lipinski definition) is 3. The molecule has 2 rings (SSSR count). The van der Waals surface area contributed by atoms with Gasteiger partial charge in [0.25, 0.3) is 5.91 Å². The van der Waals surface area contributed by atoms with Gasteiger partial charge in [0.15, 0.2) is 5.11 Å². The second-order valence-corrected chi connectivity index (χ2v) is 6.26. The predicted octanol–water partition coefficient (Wildman–Crippen LogP) is 3.27. The van der Waals surface area contributed by atoms with E-state index in [9.17, 15) is 9.59 Å². The largest absolute Gasteiger partial charge is 0.352 e. The normalized spacial score (nSPS) is 10.0. The fourth-order valence-corrected chi connectivity index (χ4v) is 2.57. The van der Waals surface area contributed by atoms with Crippen molar-refractivity contribution in [1.29, 1.82) is 0 Å². The Hall–Kier alpha value is -2.73. The lowest BCUT2D eigenvalue weighted by molar-refractivity contribution is -0.119. The van der Waals surface area contributed by atoms with E-state index in [1.165, 1.54) is 0 Å². The highest BCUT2D eigenvalue weighted by atomic mass is 32.1. The molecule has 0 aliphatic carbocycles. The summed E-state index contributed by atoms with van der Waals surface area (Å²) in [6, 6.07) is 16.4. The van der Waals surface area contributed by atoms with Gasteiger partial charge in [0, 0.05) is 17.8 Å². The van der Waals surface area contributed by atoms with Gasteiger partial charge in [0.1, 0.15) is 0 Å². The third-order valence-electron chi connectivity index (χ3n) is 3.66. The molecule has 3 N–H and O–H groups in total. The van der Waals surface area contributed by atoms with E-state index in [-0.39, 0.29) is 23.3 Å². The third-order valence-corrected chi connectivity index (χ3v) is 3.86. The number of unbranched alkanes of at least 4 members (excludes halogenated alkanes) is 1. The molecule has 2 amide bonds. The second kappa shape index (κ2) is 10.3. The molecule has 0 bridgehead atoms. The molecule has 0 radical (unpaired) electrons. The molecule has 0 saturated heterocycles. The van der Waals surface area contributed by atoms with Crippen LogP contribution in [0.3, 0.4) is 0 Å². The monoisotopic (exact) mass is 369 g/mol. The van der Waals surface area contributed by atoms with Crippen LogP contribution in [0.5, 0.6) is 0 Å². The summed E-state index contributed by atoms with van der Waals surface area (Å²) < 4.78 is 0. The molecule has 0 spiro atoms. The van der Waals surface area contributed by atoms with Crippen LogP contribution >= 0.6 is 12.2 Å². The molecule has 0 aliphatic heterocycles. The highest BCUT2D eigenvalue weighted by molar-refractivity contribution is 7.80. The summed E-state index contributed by atoms with van der Waals surface area (Å²) in [5, 5.41) is 8.66. The number of carbonyl (C=O) groups excluding carboxylic acids is 2. The maximum atomic E-state index is 12.1. The summed E-state index contributed by atoms with van der Waals surface area (Å²) in [4.78, 5) is 24.1. The van der Waals surface area contributed by atoms with Crippen molar-refractivity contribution < 1.29 is 9.59 Å². The summed E-state index contributed by atoms with van der Waals surface area (Å²) >= 11 is 5.18. The van der Waals surface area contributed by atoms with Gasteiger partial charge in [-0.3, -0.25) is 9.59 Å². The zero-order chi connectivity index (χ0) is 18.8. The van der Waals surface area contributed by atoms with E-state index in [4.69, 9.17) is 12.2 Å². The van der Waals surface area contributed by atoms with Gasteiger partial charge in [0.2, 0.25) is 5.91 Å². The minimum absolute atomic E-state index is 0.124. The van der Waals surface area contributed by atoms with Crippen molar-refractivity contribution in [2.45, 2.75) is 26.2 Å². The second-order valence-electron chi connectivity index (χ2n) is 5.85. The first kappa shape index (κ1) is 19.6. The smallest absolute Gasteiger partial charge is 0.251 e. The number of anilines is 1. The molecule has 0 aliphatic rings. The fraction of sp³-hybridized carbons (Fsp3) is 0.250. The number of benzene rings is 2. The molecule has 136 valence electrons. The molecule has 0 aromatic heterocycles. The van der Waals surface area contributed by atoms with Crippen LogP contribution < -0.4 is 16.0 Å². The van der Waals surface area contributed by atoms with E-state index in [1.54, 1.807) is 24.3 Å². The van der Waals surface area contributed by atoms with Crippen molar-refractivity contribution in [1.82, 2.24) is 10.6 Å². The standard InChI is InChI=1S/C20H23N3O2S/c1-2-3-12-21-19(25)16-10-7-11-17(14-16)22-20(26)23-18(24)13-15-8-5-4-6-9-15/h4-11,14H,2-3,12-13H2,1H3,(H,21,25)(H2,22,23,24,26). The van der Waals surface area contributed by atoms with Crippen LogP contribution in [0.4, 0.5) is 5.69 Å². The molecule has 26 heavy (non-hydrogen) atoms. The summed E-state index contributed by atoms with van der Waals surface area (Å²) in [5.74, 6) is -0.316. The molecule has 0 saturated carbocycles. The molecule has 6 heteroatoms. The van der Waals surface area contributed by atoms with Gasteiger partial charge in [0.05, 0.1) is 6.42 Å². The molecule has 0 unspecified atom stereocenters. The highest BCUT2D eigenvalue weighted by Gasteiger charge is 2.08. The van der Waals surface area contributed by atoms with Crippen LogP contribution in [0.2, 0.25) is 0 Å². The molecule has 0 atom stereocenters. The first-order valence-electron chi connectivity index (χ1n) is 8.61. The molecule has 0 fully saturated rings. The Morgan fingerprint density at radius 1 is 1.04 bits per heavy atom. The quantitative estimate of drug-likeness (QED) is 0.517. The summed E-state index contributed by atoms with van der Waals surface area (Å²) in [6.45, 7) is 2.73. The topological polar surface area (TPSA) is 70.2 Å². The van der Waals surface area contributed by atoms with Crippen LogP contribution in [-0.4, -0.2) is 23.5 Å². The summed E-state index contributed by atoms with van der Waals surface area (Å²) in [7, 11) is 0. The lowest BCUT2D eigenvalue weighted by Gasteiger charge is -2.11. The van der Waals surface area contributed by atoms with E-state index in [0.29, 0.717) is 17.8 Å². The first-order chi connectivity index (χ1) is 12.6. The van der Waals surface area contributed by atoms with Crippen LogP contribution in [0.1, 0.15) is 35.7 Å². The molecule has 0 heterocycles. The Kier molecular flexibility index (Phi) is 7.76. The van der Waals surface area contributed by atoms with Crippen molar-refractivity contribution in [2.75, 3.05) is 11.9 Å². The summed E-state index contributed by atoms with van der Waals surface area (Å²) in [5.41, 5.74) is 2.11. The van der Waals surface area contributed by atoms with E-state index in [0.717, 1.165) is 18.4 Å². The van der Waals surface area contributed by atoms with Crippen LogP contribution in [0.25, 0.3) is 0 Å². The molecule has 2 aromatic carbocycles. The lowest BCUT2D eigenvalue weighted by atomic mass is 10.1. The van der Waals surface area contributed by atoms with E-state index in [1.807, 2.05) is 30.3 Å². The first-order valence-corrected chi connectivity index (χ1v) is 9.02. The van der Waals surface area contributed by atoms with Crippen molar-refractivity contribution in [3.63, 3.8) is 0 Å². The maximum absolute atomic E-state index is 12.1. The van der Waals surface area contributed by atoms with Gasteiger partial charge in [-0.15, -0.1) is 0 Å². The zero-order valence-corrected chi connectivity index (χ0v) is 15.6. The van der Waals surface area contributed by atoms with Crippen LogP contribution in [-0.2, 0) is 11.2 Å².